The van der Waals surface area contributed by atoms with Crippen LogP contribution >= 0.6 is 0 Å². The van der Waals surface area contributed by atoms with Crippen LogP contribution in [0.3, 0.4) is 0 Å². The van der Waals surface area contributed by atoms with Crippen molar-refractivity contribution in [1.82, 2.24) is 4.57 Å². The number of fused-ring (bicyclic) bond motifs is 1. The summed E-state index contributed by atoms with van der Waals surface area (Å²) in [6.07, 6.45) is 0. The van der Waals surface area contributed by atoms with Gasteiger partial charge in [0.2, 0.25) is 0 Å². The first kappa shape index (κ1) is 10.9. The fraction of sp³-hybridized carbons (Fsp3) is 0.333. The average molecular weight is 225 g/mol. The van der Waals surface area contributed by atoms with Crippen molar-refractivity contribution in [2.75, 3.05) is 7.11 Å². The molecule has 0 radical (unpaired) electrons. The predicted molar refractivity (Wildman–Crippen MR) is 58.9 cm³/mol. The lowest BCUT2D eigenvalue weighted by Gasteiger charge is -2.05. The average Bonchev–Trinajstić information content (AvgIpc) is 2.44. The number of methoxy groups -OCH3 is 1. The molecule has 0 N–H and O–H groups in total. The maximum atomic E-state index is 14.0. The quantitative estimate of drug-likeness (QED) is 0.727. The van der Waals surface area contributed by atoms with E-state index in [9.17, 15) is 8.78 Å². The minimum Gasteiger partial charge on any atom is -0.491 e. The summed E-state index contributed by atoms with van der Waals surface area (Å²) < 4.78 is 34.0. The number of nitrogens with zero attached hydrogens (tertiary/aromatic N) is 1. The molecule has 1 heterocycles. The number of hydrogen-bond donors (Lipinski definition) is 0. The molecular formula is C12H13F2NO. The third-order valence-electron chi connectivity index (χ3n) is 3.14. The summed E-state index contributed by atoms with van der Waals surface area (Å²) in [7, 11) is 3.05. The maximum absolute atomic E-state index is 14.0. The molecule has 16 heavy (non-hydrogen) atoms. The molecule has 0 unspecified atom stereocenters. The molecule has 1 aromatic carbocycles. The lowest BCUT2D eigenvalue weighted by molar-refractivity contribution is 0.362. The molecule has 1 aromatic heterocycles. The molecule has 0 saturated heterocycles. The Kier molecular flexibility index (Phi) is 2.37. The van der Waals surface area contributed by atoms with Gasteiger partial charge in [-0.1, -0.05) is 0 Å². The SMILES string of the molecule is COc1c(F)cc2c(c(C)c(C)n2C)c1F. The Morgan fingerprint density at radius 3 is 2.44 bits per heavy atom. The van der Waals surface area contributed by atoms with E-state index in [0.717, 1.165) is 11.3 Å². The summed E-state index contributed by atoms with van der Waals surface area (Å²) in [5.74, 6) is -1.62. The first-order valence-electron chi connectivity index (χ1n) is 4.96. The highest BCUT2D eigenvalue weighted by Crippen LogP contribution is 2.33. The number of rotatable bonds is 1. The first-order valence-corrected chi connectivity index (χ1v) is 4.96. The molecule has 86 valence electrons. The lowest BCUT2D eigenvalue weighted by Crippen LogP contribution is -1.95. The van der Waals surface area contributed by atoms with Crippen molar-refractivity contribution in [1.29, 1.82) is 0 Å². The van der Waals surface area contributed by atoms with Crippen LogP contribution in [0.5, 0.6) is 5.75 Å². The zero-order chi connectivity index (χ0) is 12.0. The van der Waals surface area contributed by atoms with Gasteiger partial charge in [-0.2, -0.15) is 0 Å². The highest BCUT2D eigenvalue weighted by molar-refractivity contribution is 5.87. The molecule has 0 saturated carbocycles. The van der Waals surface area contributed by atoms with Crippen LogP contribution in [0, 0.1) is 25.5 Å². The van der Waals surface area contributed by atoms with Crippen LogP contribution in [0.4, 0.5) is 8.78 Å². The second-order valence-corrected chi connectivity index (χ2v) is 3.87. The van der Waals surface area contributed by atoms with Crippen LogP contribution in [-0.2, 0) is 7.05 Å². The molecule has 2 aromatic rings. The Morgan fingerprint density at radius 2 is 1.88 bits per heavy atom. The number of halogens is 2. The standard InChI is InChI=1S/C12H13F2NO/c1-6-7(2)15(3)9-5-8(13)12(16-4)11(14)10(6)9/h5H,1-4H3. The monoisotopic (exact) mass is 225 g/mol. The summed E-state index contributed by atoms with van der Waals surface area (Å²) in [5.41, 5.74) is 2.28. The summed E-state index contributed by atoms with van der Waals surface area (Å²) in [6, 6.07) is 1.30. The van der Waals surface area contributed by atoms with E-state index >= 15 is 0 Å². The third-order valence-corrected chi connectivity index (χ3v) is 3.14. The Morgan fingerprint density at radius 1 is 1.25 bits per heavy atom. The second-order valence-electron chi connectivity index (χ2n) is 3.87. The van der Waals surface area contributed by atoms with Crippen LogP contribution in [0.1, 0.15) is 11.3 Å². The number of ether oxygens (including phenoxy) is 1. The van der Waals surface area contributed by atoms with Crippen LogP contribution in [0.25, 0.3) is 10.9 Å². The fourth-order valence-electron chi connectivity index (χ4n) is 2.01. The van der Waals surface area contributed by atoms with E-state index in [0.29, 0.717) is 10.9 Å². The normalized spacial score (nSPS) is 11.1. The van der Waals surface area contributed by atoms with Crippen molar-refractivity contribution in [3.05, 3.63) is 29.0 Å². The molecule has 0 atom stereocenters. The molecule has 0 aliphatic rings. The van der Waals surface area contributed by atoms with Gasteiger partial charge in [-0.25, -0.2) is 8.78 Å². The fourth-order valence-corrected chi connectivity index (χ4v) is 2.01. The van der Waals surface area contributed by atoms with E-state index in [1.165, 1.54) is 13.2 Å². The Balaban J connectivity index is 2.99. The molecule has 0 amide bonds. The van der Waals surface area contributed by atoms with Crippen LogP contribution in [0.15, 0.2) is 6.07 Å². The molecule has 4 heteroatoms. The Hall–Kier alpha value is -1.58. The minimum atomic E-state index is -0.673. The summed E-state index contributed by atoms with van der Waals surface area (Å²) in [5, 5.41) is 0.429. The summed E-state index contributed by atoms with van der Waals surface area (Å²) >= 11 is 0. The molecule has 2 rings (SSSR count). The van der Waals surface area contributed by atoms with E-state index in [1.807, 2.05) is 13.8 Å². The topological polar surface area (TPSA) is 14.2 Å². The molecule has 0 aliphatic carbocycles. The highest BCUT2D eigenvalue weighted by atomic mass is 19.1. The Labute approximate surface area is 92.4 Å². The molecule has 0 aliphatic heterocycles. The maximum Gasteiger partial charge on any atom is 0.191 e. The Bertz CT molecular complexity index is 572. The van der Waals surface area contributed by atoms with Crippen molar-refractivity contribution in [2.45, 2.75) is 13.8 Å². The van der Waals surface area contributed by atoms with Gasteiger partial charge < -0.3 is 9.30 Å². The van der Waals surface area contributed by atoms with Gasteiger partial charge in [0.1, 0.15) is 0 Å². The zero-order valence-electron chi connectivity index (χ0n) is 9.69. The van der Waals surface area contributed by atoms with Gasteiger partial charge >= 0.3 is 0 Å². The van der Waals surface area contributed by atoms with Crippen molar-refractivity contribution in [3.63, 3.8) is 0 Å². The van der Waals surface area contributed by atoms with E-state index < -0.39 is 11.6 Å². The minimum absolute atomic E-state index is 0.318. The number of aromatic nitrogens is 1. The number of aryl methyl sites for hydroxylation is 2. The molecular weight excluding hydrogens is 212 g/mol. The van der Waals surface area contributed by atoms with E-state index in [4.69, 9.17) is 4.74 Å². The molecule has 2 nitrogen and oxygen atoms in total. The van der Waals surface area contributed by atoms with Gasteiger partial charge in [0.25, 0.3) is 0 Å². The van der Waals surface area contributed by atoms with Gasteiger partial charge in [0.05, 0.1) is 12.6 Å². The van der Waals surface area contributed by atoms with Gasteiger partial charge in [-0.3, -0.25) is 0 Å². The van der Waals surface area contributed by atoms with Crippen LogP contribution in [-0.4, -0.2) is 11.7 Å². The van der Waals surface area contributed by atoms with E-state index in [2.05, 4.69) is 0 Å². The number of benzene rings is 1. The van der Waals surface area contributed by atoms with Crippen molar-refractivity contribution < 1.29 is 13.5 Å². The van der Waals surface area contributed by atoms with Gasteiger partial charge in [-0.15, -0.1) is 0 Å². The van der Waals surface area contributed by atoms with Crippen molar-refractivity contribution in [2.24, 2.45) is 7.05 Å². The van der Waals surface area contributed by atoms with Gasteiger partial charge in [0, 0.05) is 24.2 Å². The smallest absolute Gasteiger partial charge is 0.191 e. The van der Waals surface area contributed by atoms with Crippen LogP contribution < -0.4 is 4.74 Å². The first-order chi connectivity index (χ1) is 7.49. The van der Waals surface area contributed by atoms with E-state index in [-0.39, 0.29) is 5.75 Å². The summed E-state index contributed by atoms with van der Waals surface area (Å²) in [6.45, 7) is 3.69. The molecule has 0 spiro atoms. The highest BCUT2D eigenvalue weighted by Gasteiger charge is 2.19. The largest absolute Gasteiger partial charge is 0.491 e. The number of hydrogen-bond acceptors (Lipinski definition) is 1. The lowest BCUT2D eigenvalue weighted by atomic mass is 10.1. The van der Waals surface area contributed by atoms with Crippen LogP contribution in [0.2, 0.25) is 0 Å². The van der Waals surface area contributed by atoms with Crippen molar-refractivity contribution >= 4 is 10.9 Å². The molecule has 0 fully saturated rings. The van der Waals surface area contributed by atoms with Crippen molar-refractivity contribution in [3.8, 4) is 5.75 Å². The van der Waals surface area contributed by atoms with Gasteiger partial charge in [-0.05, 0) is 19.4 Å². The third kappa shape index (κ3) is 1.22. The predicted octanol–water partition coefficient (Wildman–Crippen LogP) is 3.08. The van der Waals surface area contributed by atoms with Gasteiger partial charge in [0.15, 0.2) is 17.4 Å². The molecule has 0 bridgehead atoms. The second kappa shape index (κ2) is 3.47. The summed E-state index contributed by atoms with van der Waals surface area (Å²) in [4.78, 5) is 0. The zero-order valence-corrected chi connectivity index (χ0v) is 9.69. The van der Waals surface area contributed by atoms with E-state index in [1.54, 1.807) is 11.6 Å².